The van der Waals surface area contributed by atoms with E-state index in [1.54, 1.807) is 6.33 Å². The van der Waals surface area contributed by atoms with Crippen molar-refractivity contribution in [1.82, 2.24) is 25.1 Å². The molecule has 0 saturated heterocycles. The average Bonchev–Trinajstić information content (AvgIpc) is 2.81. The van der Waals surface area contributed by atoms with Crippen LogP contribution in [0.15, 0.2) is 24.8 Å². The predicted molar refractivity (Wildman–Crippen MR) is 74.8 cm³/mol. The molecular formula is C14H21N5. The van der Waals surface area contributed by atoms with Gasteiger partial charge in [0.25, 0.3) is 0 Å². The normalized spacial score (nSPS) is 12.6. The topological polar surface area (TPSA) is 55.6 Å². The van der Waals surface area contributed by atoms with Gasteiger partial charge in [0.15, 0.2) is 0 Å². The molecule has 1 unspecified atom stereocenters. The van der Waals surface area contributed by atoms with Gasteiger partial charge < -0.3 is 5.32 Å². The molecule has 2 aromatic heterocycles. The molecule has 0 fully saturated rings. The van der Waals surface area contributed by atoms with E-state index in [9.17, 15) is 0 Å². The molecule has 1 atom stereocenters. The third-order valence-electron chi connectivity index (χ3n) is 3.04. The van der Waals surface area contributed by atoms with Crippen molar-refractivity contribution in [3.8, 4) is 0 Å². The molecule has 0 aromatic carbocycles. The van der Waals surface area contributed by atoms with Gasteiger partial charge in [0.2, 0.25) is 0 Å². The minimum absolute atomic E-state index is 0.0994. The lowest BCUT2D eigenvalue weighted by molar-refractivity contribution is 0.527. The summed E-state index contributed by atoms with van der Waals surface area (Å²) < 4.78 is 2.04. The number of aromatic nitrogens is 4. The third kappa shape index (κ3) is 3.17. The summed E-state index contributed by atoms with van der Waals surface area (Å²) in [7, 11) is 0. The van der Waals surface area contributed by atoms with Crippen molar-refractivity contribution in [2.45, 2.75) is 39.8 Å². The lowest BCUT2D eigenvalue weighted by atomic mass is 10.1. The van der Waals surface area contributed by atoms with Crippen molar-refractivity contribution >= 4 is 0 Å². The molecule has 2 heterocycles. The first-order valence-electron chi connectivity index (χ1n) is 6.78. The number of nitrogens with zero attached hydrogens (tertiary/aromatic N) is 4. The van der Waals surface area contributed by atoms with Crippen LogP contribution in [0.3, 0.4) is 0 Å². The number of hydrogen-bond donors (Lipinski definition) is 1. The van der Waals surface area contributed by atoms with Gasteiger partial charge >= 0.3 is 0 Å². The van der Waals surface area contributed by atoms with Gasteiger partial charge in [-0.05, 0) is 32.9 Å². The molecule has 0 radical (unpaired) electrons. The molecule has 0 spiro atoms. The molecule has 0 saturated carbocycles. The molecule has 5 heteroatoms. The summed E-state index contributed by atoms with van der Waals surface area (Å²) in [4.78, 5) is 8.24. The van der Waals surface area contributed by atoms with Gasteiger partial charge in [-0.2, -0.15) is 5.10 Å². The van der Waals surface area contributed by atoms with Gasteiger partial charge in [0.05, 0.1) is 17.4 Å². The number of aryl methyl sites for hydroxylation is 2. The number of hydrogen-bond acceptors (Lipinski definition) is 4. The highest BCUT2D eigenvalue weighted by Crippen LogP contribution is 2.21. The Bertz CT molecular complexity index is 506. The largest absolute Gasteiger partial charge is 0.305 e. The molecule has 0 bridgehead atoms. The summed E-state index contributed by atoms with van der Waals surface area (Å²) in [5, 5.41) is 8.07. The van der Waals surface area contributed by atoms with E-state index in [-0.39, 0.29) is 6.04 Å². The van der Waals surface area contributed by atoms with Crippen LogP contribution in [0.1, 0.15) is 43.3 Å². The number of rotatable bonds is 6. The van der Waals surface area contributed by atoms with Crippen LogP contribution in [-0.4, -0.2) is 26.3 Å². The summed E-state index contributed by atoms with van der Waals surface area (Å²) in [6, 6.07) is 2.23. The minimum Gasteiger partial charge on any atom is -0.305 e. The van der Waals surface area contributed by atoms with E-state index in [2.05, 4.69) is 40.3 Å². The van der Waals surface area contributed by atoms with Gasteiger partial charge in [0.1, 0.15) is 6.33 Å². The van der Waals surface area contributed by atoms with E-state index in [0.717, 1.165) is 30.8 Å². The Morgan fingerprint density at radius 2 is 2.00 bits per heavy atom. The Labute approximate surface area is 114 Å². The monoisotopic (exact) mass is 259 g/mol. The van der Waals surface area contributed by atoms with Crippen LogP contribution in [0.25, 0.3) is 0 Å². The van der Waals surface area contributed by atoms with Crippen molar-refractivity contribution in [2.24, 2.45) is 0 Å². The molecule has 102 valence electrons. The van der Waals surface area contributed by atoms with Crippen molar-refractivity contribution in [2.75, 3.05) is 6.54 Å². The van der Waals surface area contributed by atoms with Gasteiger partial charge in [-0.25, -0.2) is 9.97 Å². The van der Waals surface area contributed by atoms with Gasteiger partial charge in [-0.1, -0.05) is 6.92 Å². The zero-order valence-corrected chi connectivity index (χ0v) is 11.8. The van der Waals surface area contributed by atoms with E-state index in [1.165, 1.54) is 5.69 Å². The van der Waals surface area contributed by atoms with Crippen LogP contribution < -0.4 is 5.32 Å². The average molecular weight is 259 g/mol. The molecule has 0 amide bonds. The SMILES string of the molecule is CCCNC(c1cncnc1)c1cc(C)nn1CC. The van der Waals surface area contributed by atoms with E-state index in [4.69, 9.17) is 0 Å². The molecular weight excluding hydrogens is 238 g/mol. The smallest absolute Gasteiger partial charge is 0.115 e. The maximum atomic E-state index is 4.52. The van der Waals surface area contributed by atoms with Crippen LogP contribution >= 0.6 is 0 Å². The Morgan fingerprint density at radius 1 is 1.26 bits per heavy atom. The first-order valence-corrected chi connectivity index (χ1v) is 6.78. The van der Waals surface area contributed by atoms with Crippen molar-refractivity contribution < 1.29 is 0 Å². The van der Waals surface area contributed by atoms with Crippen molar-refractivity contribution in [3.05, 3.63) is 41.7 Å². The molecule has 0 aliphatic heterocycles. The fraction of sp³-hybridized carbons (Fsp3) is 0.500. The molecule has 0 aliphatic carbocycles. The van der Waals surface area contributed by atoms with Crippen LogP contribution in [-0.2, 0) is 6.54 Å². The van der Waals surface area contributed by atoms with Crippen LogP contribution in [0, 0.1) is 6.92 Å². The van der Waals surface area contributed by atoms with Gasteiger partial charge in [-0.3, -0.25) is 4.68 Å². The first-order chi connectivity index (χ1) is 9.26. The molecule has 2 rings (SSSR count). The maximum absolute atomic E-state index is 4.52. The third-order valence-corrected chi connectivity index (χ3v) is 3.04. The number of nitrogens with one attached hydrogen (secondary N) is 1. The fourth-order valence-corrected chi connectivity index (χ4v) is 2.19. The zero-order chi connectivity index (χ0) is 13.7. The second-order valence-corrected chi connectivity index (χ2v) is 4.59. The van der Waals surface area contributed by atoms with Crippen molar-refractivity contribution in [3.63, 3.8) is 0 Å². The Hall–Kier alpha value is -1.75. The lowest BCUT2D eigenvalue weighted by Gasteiger charge is -2.19. The second-order valence-electron chi connectivity index (χ2n) is 4.59. The summed E-state index contributed by atoms with van der Waals surface area (Å²) >= 11 is 0. The highest BCUT2D eigenvalue weighted by Gasteiger charge is 2.18. The highest BCUT2D eigenvalue weighted by atomic mass is 15.3. The summed E-state index contributed by atoms with van der Waals surface area (Å²) in [5.41, 5.74) is 3.28. The Kier molecular flexibility index (Phi) is 4.63. The summed E-state index contributed by atoms with van der Waals surface area (Å²) in [6.45, 7) is 8.10. The van der Waals surface area contributed by atoms with Gasteiger partial charge in [-0.15, -0.1) is 0 Å². The van der Waals surface area contributed by atoms with Crippen LogP contribution in [0.2, 0.25) is 0 Å². The van der Waals surface area contributed by atoms with Crippen molar-refractivity contribution in [1.29, 1.82) is 0 Å². The Balaban J connectivity index is 2.36. The van der Waals surface area contributed by atoms with Gasteiger partial charge in [0, 0.05) is 24.5 Å². The van der Waals surface area contributed by atoms with E-state index in [0.29, 0.717) is 0 Å². The minimum atomic E-state index is 0.0994. The quantitative estimate of drug-likeness (QED) is 0.863. The first kappa shape index (κ1) is 13.7. The fourth-order valence-electron chi connectivity index (χ4n) is 2.19. The summed E-state index contributed by atoms with van der Waals surface area (Å²) in [5.74, 6) is 0. The molecule has 5 nitrogen and oxygen atoms in total. The zero-order valence-electron chi connectivity index (χ0n) is 11.8. The van der Waals surface area contributed by atoms with E-state index in [1.807, 2.05) is 24.0 Å². The van der Waals surface area contributed by atoms with E-state index >= 15 is 0 Å². The lowest BCUT2D eigenvalue weighted by Crippen LogP contribution is -2.26. The molecule has 1 N–H and O–H groups in total. The second kappa shape index (κ2) is 6.43. The predicted octanol–water partition coefficient (Wildman–Crippen LogP) is 2.09. The standard InChI is InChI=1S/C14H21N5/c1-4-6-17-14(12-8-15-10-16-9-12)13-7-11(3)18-19(13)5-2/h7-10,14,17H,4-6H2,1-3H3. The molecule has 0 aliphatic rings. The molecule has 19 heavy (non-hydrogen) atoms. The van der Waals surface area contributed by atoms with Crippen LogP contribution in [0.5, 0.6) is 0 Å². The molecule has 2 aromatic rings. The van der Waals surface area contributed by atoms with Crippen LogP contribution in [0.4, 0.5) is 0 Å². The van der Waals surface area contributed by atoms with E-state index < -0.39 is 0 Å². The highest BCUT2D eigenvalue weighted by molar-refractivity contribution is 5.25. The Morgan fingerprint density at radius 3 is 2.63 bits per heavy atom. The summed E-state index contributed by atoms with van der Waals surface area (Å²) in [6.07, 6.45) is 6.37. The maximum Gasteiger partial charge on any atom is 0.115 e.